The highest BCUT2D eigenvalue weighted by molar-refractivity contribution is 7.16. The molecule has 0 aliphatic rings. The van der Waals surface area contributed by atoms with Crippen molar-refractivity contribution in [1.82, 2.24) is 10.4 Å². The first-order chi connectivity index (χ1) is 9.56. The van der Waals surface area contributed by atoms with E-state index in [9.17, 15) is 14.7 Å². The van der Waals surface area contributed by atoms with Gasteiger partial charge >= 0.3 is 0 Å². The van der Waals surface area contributed by atoms with E-state index < -0.39 is 5.97 Å². The molecule has 0 atom stereocenters. The van der Waals surface area contributed by atoms with E-state index in [4.69, 9.17) is 0 Å². The van der Waals surface area contributed by atoms with Crippen LogP contribution < -0.4 is 16.0 Å². The van der Waals surface area contributed by atoms with Gasteiger partial charge in [0, 0.05) is 29.8 Å². The number of carboxylic acid groups (broad SMARTS) is 1. The molecule has 1 heterocycles. The average molecular weight is 290 g/mol. The van der Waals surface area contributed by atoms with Gasteiger partial charge in [-0.05, 0) is 0 Å². The number of aliphatic carboxylic acids is 1. The number of carboxylic acids is 1. The summed E-state index contributed by atoms with van der Waals surface area (Å²) in [6.07, 6.45) is -0.219. The van der Waals surface area contributed by atoms with Crippen LogP contribution in [-0.4, -0.2) is 16.9 Å². The highest BCUT2D eigenvalue weighted by atomic mass is 32.1. The van der Waals surface area contributed by atoms with Gasteiger partial charge in [-0.15, -0.1) is 0 Å². The highest BCUT2D eigenvalue weighted by Crippen LogP contribution is 2.31. The average Bonchev–Trinajstić information content (AvgIpc) is 2.79. The number of rotatable bonds is 5. The number of carbonyl (C=O) groups is 2. The van der Waals surface area contributed by atoms with Crippen LogP contribution in [0.25, 0.3) is 11.3 Å². The smallest absolute Gasteiger partial charge is 0.235 e. The van der Waals surface area contributed by atoms with E-state index in [-0.39, 0.29) is 12.3 Å². The van der Waals surface area contributed by atoms with Gasteiger partial charge in [-0.1, -0.05) is 41.7 Å². The maximum absolute atomic E-state index is 10.9. The zero-order valence-corrected chi connectivity index (χ0v) is 11.5. The molecule has 1 aromatic carbocycles. The third kappa shape index (κ3) is 3.55. The molecule has 0 saturated carbocycles. The minimum absolute atomic E-state index is 0.219. The monoisotopic (exact) mass is 290 g/mol. The van der Waals surface area contributed by atoms with Crippen LogP contribution in [0.2, 0.25) is 0 Å². The van der Waals surface area contributed by atoms with E-state index in [0.717, 1.165) is 5.56 Å². The van der Waals surface area contributed by atoms with Crippen molar-refractivity contribution in [1.29, 1.82) is 0 Å². The Bertz CT molecular complexity index is 625. The number of hydrazine groups is 1. The first-order valence-electron chi connectivity index (χ1n) is 5.84. The summed E-state index contributed by atoms with van der Waals surface area (Å²) in [6, 6.07) is 9.24. The molecule has 104 valence electrons. The lowest BCUT2D eigenvalue weighted by molar-refractivity contribution is -0.304. The van der Waals surface area contributed by atoms with Crippen molar-refractivity contribution in [2.45, 2.75) is 13.3 Å². The summed E-state index contributed by atoms with van der Waals surface area (Å²) < 4.78 is 0. The zero-order chi connectivity index (χ0) is 14.5. The molecule has 0 fully saturated rings. The fourth-order valence-corrected chi connectivity index (χ4v) is 2.54. The van der Waals surface area contributed by atoms with E-state index in [1.165, 1.54) is 18.3 Å². The van der Waals surface area contributed by atoms with Crippen LogP contribution in [-0.2, 0) is 16.0 Å². The Labute approximate surface area is 119 Å². The summed E-state index contributed by atoms with van der Waals surface area (Å²) in [5.41, 5.74) is 6.44. The number of aromatic nitrogens is 1. The second-order valence-electron chi connectivity index (χ2n) is 4.01. The van der Waals surface area contributed by atoms with E-state index in [1.54, 1.807) is 0 Å². The molecule has 20 heavy (non-hydrogen) atoms. The van der Waals surface area contributed by atoms with Gasteiger partial charge in [0.1, 0.15) is 0 Å². The van der Waals surface area contributed by atoms with Crippen LogP contribution in [0.15, 0.2) is 30.3 Å². The van der Waals surface area contributed by atoms with E-state index in [2.05, 4.69) is 15.8 Å². The summed E-state index contributed by atoms with van der Waals surface area (Å²) in [6.45, 7) is 1.36. The van der Waals surface area contributed by atoms with Crippen LogP contribution in [0, 0.1) is 0 Å². The molecule has 6 nitrogen and oxygen atoms in total. The number of anilines is 1. The zero-order valence-electron chi connectivity index (χ0n) is 10.7. The number of nitrogens with zero attached hydrogens (tertiary/aromatic N) is 1. The lowest BCUT2D eigenvalue weighted by Crippen LogP contribution is -2.26. The predicted octanol–water partition coefficient (Wildman–Crippen LogP) is 0.565. The Kier molecular flexibility index (Phi) is 4.31. The maximum atomic E-state index is 10.9. The molecule has 0 unspecified atom stereocenters. The number of carbonyl (C=O) groups excluding carboxylic acids is 2. The van der Waals surface area contributed by atoms with Crippen molar-refractivity contribution in [2.24, 2.45) is 0 Å². The Morgan fingerprint density at radius 1 is 1.30 bits per heavy atom. The van der Waals surface area contributed by atoms with Gasteiger partial charge in [-0.25, -0.2) is 4.98 Å². The summed E-state index contributed by atoms with van der Waals surface area (Å²) >= 11 is 1.17. The Hall–Kier alpha value is -2.41. The first-order valence-corrected chi connectivity index (χ1v) is 6.65. The molecule has 2 aromatic rings. The molecule has 0 saturated heterocycles. The fraction of sp³-hybridized carbons (Fsp3) is 0.154. The second kappa shape index (κ2) is 6.16. The third-order valence-electron chi connectivity index (χ3n) is 2.39. The quantitative estimate of drug-likeness (QED) is 0.785. The summed E-state index contributed by atoms with van der Waals surface area (Å²) in [7, 11) is 0. The topological polar surface area (TPSA) is 94.2 Å². The van der Waals surface area contributed by atoms with Crippen LogP contribution in [0.1, 0.15) is 11.8 Å². The van der Waals surface area contributed by atoms with Gasteiger partial charge in [0.25, 0.3) is 0 Å². The highest BCUT2D eigenvalue weighted by Gasteiger charge is 2.13. The standard InChI is InChI=1S/C13H13N3O3S/c1-8(17)15-16-13-14-12(9-5-3-2-4-6-9)10(20-13)7-11(18)19/h2-6H,7H2,1H3,(H,14,16)(H,15,17)(H,18,19)/p-1. The molecule has 0 radical (unpaired) electrons. The van der Waals surface area contributed by atoms with E-state index in [0.29, 0.717) is 15.7 Å². The molecule has 0 spiro atoms. The Morgan fingerprint density at radius 2 is 2.00 bits per heavy atom. The van der Waals surface area contributed by atoms with Gasteiger partial charge in [-0.2, -0.15) is 0 Å². The number of benzene rings is 1. The molecule has 0 aliphatic heterocycles. The summed E-state index contributed by atoms with van der Waals surface area (Å²) in [5, 5.41) is 11.2. The summed E-state index contributed by atoms with van der Waals surface area (Å²) in [5.74, 6) is -1.43. The molecule has 1 amide bonds. The SMILES string of the molecule is CC(=O)NNc1nc(-c2ccccc2)c(CC(=O)[O-])s1. The summed E-state index contributed by atoms with van der Waals surface area (Å²) in [4.78, 5) is 26.5. The number of thiazole rings is 1. The van der Waals surface area contributed by atoms with Gasteiger partial charge in [0.05, 0.1) is 5.69 Å². The largest absolute Gasteiger partial charge is 0.550 e. The molecular weight excluding hydrogens is 278 g/mol. The van der Waals surface area contributed by atoms with Crippen LogP contribution in [0.5, 0.6) is 0 Å². The van der Waals surface area contributed by atoms with Crippen molar-refractivity contribution >= 4 is 28.3 Å². The van der Waals surface area contributed by atoms with Gasteiger partial charge in [0.2, 0.25) is 11.0 Å². The van der Waals surface area contributed by atoms with Gasteiger partial charge in [-0.3, -0.25) is 15.6 Å². The van der Waals surface area contributed by atoms with Crippen molar-refractivity contribution in [3.05, 3.63) is 35.2 Å². The van der Waals surface area contributed by atoms with E-state index >= 15 is 0 Å². The second-order valence-corrected chi connectivity index (χ2v) is 5.10. The maximum Gasteiger partial charge on any atom is 0.235 e. The van der Waals surface area contributed by atoms with Crippen molar-refractivity contribution < 1.29 is 14.7 Å². The molecule has 0 bridgehead atoms. The lowest BCUT2D eigenvalue weighted by Gasteiger charge is -2.02. The molecule has 7 heteroatoms. The van der Waals surface area contributed by atoms with Gasteiger partial charge in [0.15, 0.2) is 0 Å². The number of amides is 1. The lowest BCUT2D eigenvalue weighted by atomic mass is 10.1. The molecular formula is C13H12N3O3S-. The molecule has 1 aromatic heterocycles. The van der Waals surface area contributed by atoms with Crippen molar-refractivity contribution in [3.63, 3.8) is 0 Å². The Balaban J connectivity index is 2.32. The molecule has 2 N–H and O–H groups in total. The number of hydrogen-bond donors (Lipinski definition) is 2. The van der Waals surface area contributed by atoms with E-state index in [1.807, 2.05) is 30.3 Å². The van der Waals surface area contributed by atoms with Crippen LogP contribution >= 0.6 is 11.3 Å². The first kappa shape index (κ1) is 14.0. The normalized spacial score (nSPS) is 10.1. The minimum Gasteiger partial charge on any atom is -0.550 e. The molecule has 0 aliphatic carbocycles. The van der Waals surface area contributed by atoms with Crippen molar-refractivity contribution in [3.8, 4) is 11.3 Å². The van der Waals surface area contributed by atoms with Gasteiger partial charge < -0.3 is 9.90 Å². The molecule has 2 rings (SSSR count). The minimum atomic E-state index is -1.17. The Morgan fingerprint density at radius 3 is 2.60 bits per heavy atom. The predicted molar refractivity (Wildman–Crippen MR) is 73.7 cm³/mol. The van der Waals surface area contributed by atoms with Crippen molar-refractivity contribution in [2.75, 3.05) is 5.43 Å². The fourth-order valence-electron chi connectivity index (χ4n) is 1.62. The number of nitrogens with one attached hydrogen (secondary N) is 2. The third-order valence-corrected chi connectivity index (χ3v) is 3.37. The van der Waals surface area contributed by atoms with Crippen LogP contribution in [0.4, 0.5) is 5.13 Å². The van der Waals surface area contributed by atoms with Crippen LogP contribution in [0.3, 0.4) is 0 Å². The number of hydrogen-bond acceptors (Lipinski definition) is 6.